The Kier molecular flexibility index (Phi) is 4.77. The average molecular weight is 378 g/mol. The minimum Gasteiger partial charge on any atom is -0.545 e. The third-order valence-electron chi connectivity index (χ3n) is 5.42. The summed E-state index contributed by atoms with van der Waals surface area (Å²) in [6.45, 7) is -0.125. The number of carboxylic acids is 1. The van der Waals surface area contributed by atoms with Crippen LogP contribution in [0, 0.1) is 5.92 Å². The van der Waals surface area contributed by atoms with Crippen LogP contribution in [0.4, 0.5) is 5.69 Å². The Balaban J connectivity index is 1.58. The standard InChI is InChI=1S/C22H21NO5/c1-27-20(24)12-28-15-8-5-13(6-9-15)21-17-4-2-3-16(17)18-11-14(22(25)26)7-10-19(18)23-21/h2-3,5-11,16-17,21,23H,4,12H2,1H3,(H,25,26)/p-1/t16-,17-,21+/m1/s1. The van der Waals surface area contributed by atoms with Crippen LogP contribution in [0.25, 0.3) is 0 Å². The maximum Gasteiger partial charge on any atom is 0.343 e. The second kappa shape index (κ2) is 7.38. The van der Waals surface area contributed by atoms with Crippen LogP contribution in [-0.2, 0) is 9.53 Å². The number of aromatic carboxylic acids is 1. The molecule has 1 aliphatic heterocycles. The van der Waals surface area contributed by atoms with Gasteiger partial charge in [0.25, 0.3) is 0 Å². The molecule has 3 atom stereocenters. The number of fused-ring (bicyclic) bond motifs is 3. The third-order valence-corrected chi connectivity index (χ3v) is 5.42. The largest absolute Gasteiger partial charge is 0.545 e. The average Bonchev–Trinajstić information content (AvgIpc) is 3.21. The lowest BCUT2D eigenvalue weighted by molar-refractivity contribution is -0.255. The van der Waals surface area contributed by atoms with Gasteiger partial charge in [0.15, 0.2) is 6.61 Å². The van der Waals surface area contributed by atoms with Gasteiger partial charge in [-0.1, -0.05) is 30.4 Å². The fourth-order valence-electron chi connectivity index (χ4n) is 4.02. The second-order valence-corrected chi connectivity index (χ2v) is 7.00. The topological polar surface area (TPSA) is 87.7 Å². The molecule has 0 saturated carbocycles. The van der Waals surface area contributed by atoms with Crippen LogP contribution in [0.5, 0.6) is 5.75 Å². The van der Waals surface area contributed by atoms with Crippen LogP contribution in [-0.4, -0.2) is 25.7 Å². The molecule has 0 unspecified atom stereocenters. The molecule has 1 aliphatic carbocycles. The van der Waals surface area contributed by atoms with E-state index in [4.69, 9.17) is 4.74 Å². The molecular weight excluding hydrogens is 358 g/mol. The van der Waals surface area contributed by atoms with Gasteiger partial charge in [0.1, 0.15) is 5.75 Å². The van der Waals surface area contributed by atoms with E-state index in [2.05, 4.69) is 22.2 Å². The highest BCUT2D eigenvalue weighted by Gasteiger charge is 2.37. The minimum absolute atomic E-state index is 0.0935. The smallest absolute Gasteiger partial charge is 0.343 e. The molecule has 0 aromatic heterocycles. The number of esters is 1. The Morgan fingerprint density at radius 1 is 1.18 bits per heavy atom. The summed E-state index contributed by atoms with van der Waals surface area (Å²) in [6.07, 6.45) is 5.22. The van der Waals surface area contributed by atoms with Gasteiger partial charge in [-0.15, -0.1) is 0 Å². The highest BCUT2D eigenvalue weighted by Crippen LogP contribution is 2.50. The van der Waals surface area contributed by atoms with Gasteiger partial charge in [0.2, 0.25) is 0 Å². The zero-order valence-corrected chi connectivity index (χ0v) is 15.4. The zero-order valence-electron chi connectivity index (χ0n) is 15.4. The van der Waals surface area contributed by atoms with Gasteiger partial charge in [-0.25, -0.2) is 4.79 Å². The predicted molar refractivity (Wildman–Crippen MR) is 101 cm³/mol. The van der Waals surface area contributed by atoms with E-state index >= 15 is 0 Å². The fraction of sp³-hybridized carbons (Fsp3) is 0.273. The Bertz CT molecular complexity index is 934. The molecule has 0 radical (unpaired) electrons. The summed E-state index contributed by atoms with van der Waals surface area (Å²) in [7, 11) is 1.32. The zero-order chi connectivity index (χ0) is 19.7. The highest BCUT2D eigenvalue weighted by molar-refractivity contribution is 5.87. The molecule has 0 saturated heterocycles. The number of hydrogen-bond donors (Lipinski definition) is 1. The SMILES string of the molecule is COC(=O)COc1ccc([C@@H]2Nc3ccc(C(=O)[O-])cc3[C@@H]3C=CC[C@H]32)cc1. The maximum absolute atomic E-state index is 11.2. The number of carbonyl (C=O) groups is 2. The van der Waals surface area contributed by atoms with Crippen LogP contribution < -0.4 is 15.2 Å². The van der Waals surface area contributed by atoms with Crippen molar-refractivity contribution in [2.24, 2.45) is 5.92 Å². The molecule has 2 aromatic carbocycles. The van der Waals surface area contributed by atoms with E-state index in [1.807, 2.05) is 30.3 Å². The molecule has 0 bridgehead atoms. The first-order valence-electron chi connectivity index (χ1n) is 9.15. The monoisotopic (exact) mass is 378 g/mol. The molecule has 0 spiro atoms. The van der Waals surface area contributed by atoms with E-state index in [9.17, 15) is 14.7 Å². The fourth-order valence-corrected chi connectivity index (χ4v) is 4.02. The summed E-state index contributed by atoms with van der Waals surface area (Å²) in [5.41, 5.74) is 3.24. The molecule has 0 fully saturated rings. The quantitative estimate of drug-likeness (QED) is 0.635. The van der Waals surface area contributed by atoms with Crippen LogP contribution >= 0.6 is 0 Å². The molecule has 1 heterocycles. The normalized spacial score (nSPS) is 22.0. The Labute approximate surface area is 162 Å². The summed E-state index contributed by atoms with van der Waals surface area (Å²) in [4.78, 5) is 22.4. The van der Waals surface area contributed by atoms with Crippen LogP contribution in [0.3, 0.4) is 0 Å². The molecule has 0 amide bonds. The van der Waals surface area contributed by atoms with E-state index in [1.165, 1.54) is 7.11 Å². The van der Waals surface area contributed by atoms with Crippen molar-refractivity contribution in [1.29, 1.82) is 0 Å². The Morgan fingerprint density at radius 3 is 2.68 bits per heavy atom. The van der Waals surface area contributed by atoms with Gasteiger partial charge < -0.3 is 24.7 Å². The third kappa shape index (κ3) is 3.33. The van der Waals surface area contributed by atoms with Crippen molar-refractivity contribution in [3.63, 3.8) is 0 Å². The van der Waals surface area contributed by atoms with E-state index < -0.39 is 11.9 Å². The number of rotatable bonds is 5. The second-order valence-electron chi connectivity index (χ2n) is 7.00. The summed E-state index contributed by atoms with van der Waals surface area (Å²) < 4.78 is 9.98. The Morgan fingerprint density at radius 2 is 1.96 bits per heavy atom. The highest BCUT2D eigenvalue weighted by atomic mass is 16.6. The summed E-state index contributed by atoms with van der Waals surface area (Å²) in [5, 5.41) is 14.8. The Hall–Kier alpha value is -3.28. The summed E-state index contributed by atoms with van der Waals surface area (Å²) >= 11 is 0. The van der Waals surface area contributed by atoms with E-state index in [1.54, 1.807) is 12.1 Å². The first kappa shape index (κ1) is 18.1. The first-order chi connectivity index (χ1) is 13.6. The van der Waals surface area contributed by atoms with E-state index in [-0.39, 0.29) is 24.1 Å². The van der Waals surface area contributed by atoms with Gasteiger partial charge in [-0.05, 0) is 53.3 Å². The van der Waals surface area contributed by atoms with Gasteiger partial charge in [0.05, 0.1) is 19.1 Å². The molecule has 1 N–H and O–H groups in total. The van der Waals surface area contributed by atoms with Gasteiger partial charge in [0, 0.05) is 11.6 Å². The van der Waals surface area contributed by atoms with Gasteiger partial charge >= 0.3 is 5.97 Å². The molecule has 144 valence electrons. The molecule has 4 rings (SSSR count). The van der Waals surface area contributed by atoms with Crippen molar-refractivity contribution >= 4 is 17.6 Å². The lowest BCUT2D eigenvalue weighted by Gasteiger charge is -2.38. The van der Waals surface area contributed by atoms with Crippen LogP contribution in [0.1, 0.15) is 39.9 Å². The summed E-state index contributed by atoms with van der Waals surface area (Å²) in [6, 6.07) is 12.8. The number of hydrogen-bond acceptors (Lipinski definition) is 6. The number of methoxy groups -OCH3 is 1. The number of carbonyl (C=O) groups excluding carboxylic acids is 2. The maximum atomic E-state index is 11.2. The molecular formula is C22H20NO5-. The molecule has 6 nitrogen and oxygen atoms in total. The van der Waals surface area contributed by atoms with Crippen molar-refractivity contribution < 1.29 is 24.2 Å². The van der Waals surface area contributed by atoms with Gasteiger partial charge in [-0.2, -0.15) is 0 Å². The predicted octanol–water partition coefficient (Wildman–Crippen LogP) is 2.43. The minimum atomic E-state index is -1.16. The van der Waals surface area contributed by atoms with E-state index in [0.29, 0.717) is 11.7 Å². The summed E-state index contributed by atoms with van der Waals surface area (Å²) in [5.74, 6) is -0.524. The van der Waals surface area contributed by atoms with Gasteiger partial charge in [-0.3, -0.25) is 0 Å². The lowest BCUT2D eigenvalue weighted by atomic mass is 9.76. The van der Waals surface area contributed by atoms with Crippen molar-refractivity contribution in [1.82, 2.24) is 0 Å². The van der Waals surface area contributed by atoms with Crippen molar-refractivity contribution in [2.45, 2.75) is 18.4 Å². The molecule has 2 aromatic rings. The first-order valence-corrected chi connectivity index (χ1v) is 9.15. The number of benzene rings is 2. The molecule has 2 aliphatic rings. The van der Waals surface area contributed by atoms with Crippen molar-refractivity contribution in [3.8, 4) is 5.75 Å². The molecule has 6 heteroatoms. The number of nitrogens with one attached hydrogen (secondary N) is 1. The number of carboxylic acid groups (broad SMARTS) is 1. The van der Waals surface area contributed by atoms with Crippen LogP contribution in [0.2, 0.25) is 0 Å². The van der Waals surface area contributed by atoms with Crippen molar-refractivity contribution in [3.05, 3.63) is 71.3 Å². The number of anilines is 1. The van der Waals surface area contributed by atoms with E-state index in [0.717, 1.165) is 23.2 Å². The van der Waals surface area contributed by atoms with Crippen LogP contribution in [0.15, 0.2) is 54.6 Å². The number of allylic oxidation sites excluding steroid dienone is 2. The molecule has 28 heavy (non-hydrogen) atoms. The van der Waals surface area contributed by atoms with Crippen molar-refractivity contribution in [2.75, 3.05) is 19.0 Å². The number of ether oxygens (including phenoxy) is 2. The lowest BCUT2D eigenvalue weighted by Crippen LogP contribution is -2.30.